The number of ketones is 1. The molecule has 18 heteroatoms. The van der Waals surface area contributed by atoms with Crippen LogP contribution in [-0.4, -0.2) is 111 Å². The number of nitrogens with zero attached hydrogens (tertiary/aromatic N) is 2. The van der Waals surface area contributed by atoms with Crippen LogP contribution in [0.2, 0.25) is 0 Å². The van der Waals surface area contributed by atoms with E-state index in [-0.39, 0.29) is 68.1 Å². The summed E-state index contributed by atoms with van der Waals surface area (Å²) in [6, 6.07) is 21.0. The van der Waals surface area contributed by atoms with E-state index in [1.54, 1.807) is 49.2 Å². The molecule has 0 bridgehead atoms. The number of nitrogens with one attached hydrogen (secondary N) is 5. The second kappa shape index (κ2) is 36.3. The number of ether oxygens (including phenoxy) is 2. The van der Waals surface area contributed by atoms with E-state index in [0.717, 1.165) is 88.3 Å². The van der Waals surface area contributed by atoms with E-state index in [9.17, 15) is 43.2 Å². The fourth-order valence-corrected chi connectivity index (χ4v) is 11.4. The van der Waals surface area contributed by atoms with Crippen LogP contribution in [-0.2, 0) is 73.6 Å². The van der Waals surface area contributed by atoms with Crippen LogP contribution in [0.25, 0.3) is 16.5 Å². The van der Waals surface area contributed by atoms with Crippen molar-refractivity contribution < 1.29 is 52.6 Å². The van der Waals surface area contributed by atoms with Gasteiger partial charge in [0, 0.05) is 43.8 Å². The smallest absolute Gasteiger partial charge is 0.243 e. The van der Waals surface area contributed by atoms with Gasteiger partial charge >= 0.3 is 0 Å². The maximum atomic E-state index is 13.9. The molecule has 0 aliphatic heterocycles. The van der Waals surface area contributed by atoms with Gasteiger partial charge in [0.05, 0.1) is 43.4 Å². The van der Waals surface area contributed by atoms with Gasteiger partial charge in [0.2, 0.25) is 35.4 Å². The molecule has 4 rings (SSSR count). The predicted octanol–water partition coefficient (Wildman–Crippen LogP) is 9.12. The summed E-state index contributed by atoms with van der Waals surface area (Å²) < 4.78 is 11.8. The first-order valence-corrected chi connectivity index (χ1v) is 30.8. The van der Waals surface area contributed by atoms with Gasteiger partial charge in [-0.05, 0) is 151 Å². The van der Waals surface area contributed by atoms with Gasteiger partial charge in [0.15, 0.2) is 5.78 Å². The number of aromatic nitrogens is 1. The van der Waals surface area contributed by atoms with Crippen LogP contribution >= 0.6 is 0 Å². The van der Waals surface area contributed by atoms with Crippen molar-refractivity contribution in [2.24, 2.45) is 29.1 Å². The largest absolute Gasteiger partial charge is 0.491 e. The number of carbonyl (C=O) groups is 9. The summed E-state index contributed by atoms with van der Waals surface area (Å²) in [4.78, 5) is 121. The molecule has 87 heavy (non-hydrogen) atoms. The second-order valence-electron chi connectivity index (χ2n) is 23.3. The highest BCUT2D eigenvalue weighted by molar-refractivity contribution is 5.97. The molecule has 2 atom stereocenters. The zero-order valence-corrected chi connectivity index (χ0v) is 53.5. The van der Waals surface area contributed by atoms with Gasteiger partial charge in [-0.3, -0.25) is 33.6 Å². The molecule has 472 valence electrons. The van der Waals surface area contributed by atoms with E-state index in [1.165, 1.54) is 5.56 Å². The van der Waals surface area contributed by atoms with Gasteiger partial charge in [0.1, 0.15) is 37.7 Å². The number of hydrogen-bond donors (Lipinski definition) is 5. The topological polar surface area (TPSA) is 248 Å². The highest BCUT2D eigenvalue weighted by Crippen LogP contribution is 2.45. The lowest BCUT2D eigenvalue weighted by molar-refractivity contribution is -0.131. The highest BCUT2D eigenvalue weighted by atomic mass is 16.5. The number of allylic oxidation sites excluding steroid dienone is 4. The van der Waals surface area contributed by atoms with E-state index >= 15 is 0 Å². The first-order chi connectivity index (χ1) is 41.5. The zero-order valence-electron chi connectivity index (χ0n) is 53.5. The Morgan fingerprint density at radius 1 is 0.701 bits per heavy atom. The van der Waals surface area contributed by atoms with Crippen LogP contribution in [0.15, 0.2) is 90.0 Å². The van der Waals surface area contributed by atoms with E-state index in [2.05, 4.69) is 95.0 Å². The Morgan fingerprint density at radius 2 is 1.37 bits per heavy atom. The molecule has 4 aromatic rings. The molecule has 0 saturated carbocycles. The number of fused-ring (bicyclic) bond motifs is 1. The summed E-state index contributed by atoms with van der Waals surface area (Å²) in [5.74, 6) is -2.22. The zero-order chi connectivity index (χ0) is 64.2. The lowest BCUT2D eigenvalue weighted by Gasteiger charge is -2.43. The van der Waals surface area contributed by atoms with Crippen LogP contribution in [0.3, 0.4) is 0 Å². The molecule has 2 unspecified atom stereocenters. The Hall–Kier alpha value is -7.86. The standard InChI is InChI=1S/C69H95N7O11/c1-13-54-57-40-53(28-29-60(57)75-66(58(54)36-45(4)5)48(10)37-56(46(6)7)55(49(11)79)26-19-20-32-77)87-35-34-86-44-73-64(82)42-72-67(84)61(39-50-22-17-16-18-23-50)74-65(83)43-71-63(81)41-70-62(80)30-27-51-24-21-25-52(38-51)76(12)68(85)59(31-33-78)69(14-2,15-3)47(8)9/h16-18,21-25,28-29,32-33,37-38,40,45-47,59,61H,13-15,19-20,26-27,30-31,34-36,39,41-44H2,1-12H3,(H,70,80)(H,71,81)(H,72,84)(H,73,82)(H,74,83)/b48-37+,56-55+. The molecule has 1 heterocycles. The molecule has 0 saturated heterocycles. The SMILES string of the molecule is CCc1c(CC(C)C)c(/C(C)=C/C(=C(/CCCC=O)C(C)=O)C(C)C)nc2ccc(OCCOCNC(=O)CNC(=O)C(Cc3ccccc3)NC(=O)CNC(=O)CNC(=O)CCc3cccc(N(C)C(=O)C(CC=O)C(CC)(CC)C(C)C)c3)cc12. The number of carbonyl (C=O) groups excluding carboxylic acids is 9. The maximum absolute atomic E-state index is 13.9. The van der Waals surface area contributed by atoms with Crippen molar-refractivity contribution in [3.05, 3.63) is 118 Å². The molecule has 3 aromatic carbocycles. The molecular formula is C69H95N7O11. The molecule has 0 aliphatic rings. The fraction of sp³-hybridized carbons (Fsp3) is 0.507. The van der Waals surface area contributed by atoms with Gasteiger partial charge in [-0.25, -0.2) is 4.98 Å². The Labute approximate surface area is 515 Å². The van der Waals surface area contributed by atoms with Crippen LogP contribution in [0.1, 0.15) is 149 Å². The normalized spacial score (nSPS) is 12.7. The molecule has 1 aromatic heterocycles. The fourth-order valence-electron chi connectivity index (χ4n) is 11.4. The van der Waals surface area contributed by atoms with E-state index in [4.69, 9.17) is 14.5 Å². The average Bonchev–Trinajstić information content (AvgIpc) is 0.919. The molecular weight excluding hydrogens is 1100 g/mol. The summed E-state index contributed by atoms with van der Waals surface area (Å²) >= 11 is 0. The van der Waals surface area contributed by atoms with Crippen molar-refractivity contribution in [3.8, 4) is 5.75 Å². The van der Waals surface area contributed by atoms with Gasteiger partial charge in [-0.2, -0.15) is 0 Å². The van der Waals surface area contributed by atoms with Crippen molar-refractivity contribution >= 4 is 76.0 Å². The third kappa shape index (κ3) is 21.8. The monoisotopic (exact) mass is 1200 g/mol. The molecule has 0 radical (unpaired) electrons. The summed E-state index contributed by atoms with van der Waals surface area (Å²) in [5.41, 5.74) is 8.57. The van der Waals surface area contributed by atoms with Crippen molar-refractivity contribution in [2.75, 3.05) is 51.5 Å². The quantitative estimate of drug-likeness (QED) is 0.00927. The number of benzene rings is 3. The lowest BCUT2D eigenvalue weighted by atomic mass is 9.63. The number of amides is 6. The van der Waals surface area contributed by atoms with Crippen molar-refractivity contribution in [1.29, 1.82) is 0 Å². The minimum Gasteiger partial charge on any atom is -0.491 e. The Bertz CT molecular complexity index is 3050. The van der Waals surface area contributed by atoms with Crippen molar-refractivity contribution in [2.45, 2.75) is 153 Å². The number of unbranched alkanes of at least 4 members (excludes halogenated alkanes) is 1. The molecule has 0 spiro atoms. The highest BCUT2D eigenvalue weighted by Gasteiger charge is 2.43. The summed E-state index contributed by atoms with van der Waals surface area (Å²) in [6.07, 6.45) is 9.04. The number of aldehydes is 2. The average molecular weight is 1200 g/mol. The van der Waals surface area contributed by atoms with Crippen molar-refractivity contribution in [3.63, 3.8) is 0 Å². The minimum absolute atomic E-state index is 0.00985. The van der Waals surface area contributed by atoms with Gasteiger partial charge in [0.25, 0.3) is 0 Å². The first kappa shape index (κ1) is 71.6. The minimum atomic E-state index is -1.10. The third-order valence-corrected chi connectivity index (χ3v) is 16.2. The summed E-state index contributed by atoms with van der Waals surface area (Å²) in [5, 5.41) is 13.9. The predicted molar refractivity (Wildman–Crippen MR) is 342 cm³/mol. The maximum Gasteiger partial charge on any atom is 0.243 e. The van der Waals surface area contributed by atoms with Crippen LogP contribution in [0.5, 0.6) is 5.75 Å². The number of pyridine rings is 1. The van der Waals surface area contributed by atoms with Crippen LogP contribution < -0.4 is 36.2 Å². The number of rotatable bonds is 38. The lowest BCUT2D eigenvalue weighted by Crippen LogP contribution is -2.52. The van der Waals surface area contributed by atoms with E-state index in [1.807, 2.05) is 49.4 Å². The van der Waals surface area contributed by atoms with Gasteiger partial charge in [-0.1, -0.05) is 111 Å². The second-order valence-corrected chi connectivity index (χ2v) is 23.3. The van der Waals surface area contributed by atoms with Gasteiger partial charge < -0.3 is 50.5 Å². The Morgan fingerprint density at radius 3 is 2.00 bits per heavy atom. The molecule has 0 fully saturated rings. The number of hydrogen-bond acceptors (Lipinski definition) is 12. The van der Waals surface area contributed by atoms with Crippen molar-refractivity contribution in [1.82, 2.24) is 31.6 Å². The number of anilines is 1. The number of aryl methyl sites for hydroxylation is 2. The third-order valence-electron chi connectivity index (χ3n) is 16.2. The summed E-state index contributed by atoms with van der Waals surface area (Å²) in [7, 11) is 1.70. The Kier molecular flexibility index (Phi) is 29.9. The van der Waals surface area contributed by atoms with E-state index < -0.39 is 61.1 Å². The van der Waals surface area contributed by atoms with Crippen LogP contribution in [0.4, 0.5) is 5.69 Å². The summed E-state index contributed by atoms with van der Waals surface area (Å²) in [6.45, 7) is 21.5. The molecule has 18 nitrogen and oxygen atoms in total. The number of Topliss-reactive ketones (excluding diaryl/α,β-unsaturated/α-hetero) is 1. The van der Waals surface area contributed by atoms with Gasteiger partial charge in [-0.15, -0.1) is 0 Å². The first-order valence-electron chi connectivity index (χ1n) is 30.8. The van der Waals surface area contributed by atoms with Crippen LogP contribution in [0, 0.1) is 29.1 Å². The molecule has 5 N–H and O–H groups in total. The Balaban J connectivity index is 1.26. The van der Waals surface area contributed by atoms with E-state index in [0.29, 0.717) is 43.0 Å². The molecule has 6 amide bonds. The molecule has 0 aliphatic carbocycles.